The lowest BCUT2D eigenvalue weighted by molar-refractivity contribution is -0.143. The molecule has 0 spiro atoms. The first kappa shape index (κ1) is 21.1. The van der Waals surface area contributed by atoms with Crippen LogP contribution in [-0.4, -0.2) is 37.3 Å². The highest BCUT2D eigenvalue weighted by atomic mass is 79.9. The maximum absolute atomic E-state index is 12.8. The van der Waals surface area contributed by atoms with Crippen molar-refractivity contribution in [1.29, 1.82) is 0 Å². The van der Waals surface area contributed by atoms with Gasteiger partial charge in [-0.1, -0.05) is 27.3 Å². The summed E-state index contributed by atoms with van der Waals surface area (Å²) in [7, 11) is 3.03. The molecule has 0 N–H and O–H groups in total. The van der Waals surface area contributed by atoms with Crippen LogP contribution in [-0.2, 0) is 16.1 Å². The van der Waals surface area contributed by atoms with Crippen LogP contribution in [0.4, 0.5) is 0 Å². The summed E-state index contributed by atoms with van der Waals surface area (Å²) in [5.41, 5.74) is 1.15. The molecule has 1 amide bonds. The molecule has 3 rings (SSSR count). The topological polar surface area (TPSA) is 79.1 Å². The van der Waals surface area contributed by atoms with Gasteiger partial charge >= 0.3 is 5.97 Å². The summed E-state index contributed by atoms with van der Waals surface area (Å²) in [4.78, 5) is 29.5. The van der Waals surface area contributed by atoms with Crippen LogP contribution in [0.3, 0.4) is 0 Å². The Bertz CT molecular complexity index is 1140. The molecular weight excluding hydrogens is 460 g/mol. The number of aromatic nitrogens is 1. The van der Waals surface area contributed by atoms with Crippen molar-refractivity contribution >= 4 is 49.4 Å². The number of halogens is 1. The molecule has 1 aromatic heterocycles. The number of thiazole rings is 1. The number of nitrogens with zero attached hydrogens (tertiary/aromatic N) is 2. The molecule has 0 unspecified atom stereocenters. The van der Waals surface area contributed by atoms with E-state index in [1.807, 2.05) is 18.2 Å². The molecule has 1 heterocycles. The van der Waals surface area contributed by atoms with Crippen LogP contribution in [0.25, 0.3) is 10.2 Å². The highest BCUT2D eigenvalue weighted by molar-refractivity contribution is 9.10. The van der Waals surface area contributed by atoms with E-state index in [2.05, 4.69) is 20.9 Å². The Labute approximate surface area is 179 Å². The third-order valence-corrected chi connectivity index (χ3v) is 5.60. The number of benzene rings is 2. The van der Waals surface area contributed by atoms with Gasteiger partial charge in [-0.25, -0.2) is 0 Å². The molecule has 0 aliphatic carbocycles. The maximum atomic E-state index is 12.8. The Morgan fingerprint density at radius 1 is 1.10 bits per heavy atom. The van der Waals surface area contributed by atoms with E-state index in [9.17, 15) is 9.59 Å². The molecule has 0 saturated carbocycles. The van der Waals surface area contributed by atoms with Crippen LogP contribution < -0.4 is 14.3 Å². The minimum atomic E-state index is -0.450. The first-order chi connectivity index (χ1) is 14.0. The molecule has 152 valence electrons. The van der Waals surface area contributed by atoms with Gasteiger partial charge in [-0.3, -0.25) is 9.59 Å². The van der Waals surface area contributed by atoms with E-state index < -0.39 is 11.9 Å². The molecule has 2 aromatic carbocycles. The predicted molar refractivity (Wildman–Crippen MR) is 114 cm³/mol. The number of fused-ring (bicyclic) bond motifs is 1. The first-order valence-corrected chi connectivity index (χ1v) is 10.3. The van der Waals surface area contributed by atoms with Crippen LogP contribution in [0, 0.1) is 0 Å². The molecule has 0 fully saturated rings. The zero-order valence-electron chi connectivity index (χ0n) is 16.1. The maximum Gasteiger partial charge on any atom is 0.326 e. The minimum Gasteiger partial charge on any atom is -0.493 e. The molecule has 0 aliphatic heterocycles. The van der Waals surface area contributed by atoms with E-state index in [1.54, 1.807) is 29.7 Å². The van der Waals surface area contributed by atoms with Gasteiger partial charge < -0.3 is 18.8 Å². The van der Waals surface area contributed by atoms with Crippen molar-refractivity contribution in [3.05, 3.63) is 51.2 Å². The van der Waals surface area contributed by atoms with Crippen molar-refractivity contribution in [3.63, 3.8) is 0 Å². The Morgan fingerprint density at radius 3 is 2.55 bits per heavy atom. The Kier molecular flexibility index (Phi) is 6.71. The zero-order valence-corrected chi connectivity index (χ0v) is 18.5. The number of esters is 1. The van der Waals surface area contributed by atoms with Crippen molar-refractivity contribution < 1.29 is 23.8 Å². The van der Waals surface area contributed by atoms with Crippen molar-refractivity contribution in [2.75, 3.05) is 20.8 Å². The summed E-state index contributed by atoms with van der Waals surface area (Å²) in [6.07, 6.45) is 0. The number of amides is 1. The second kappa shape index (κ2) is 9.23. The third kappa shape index (κ3) is 4.68. The second-order valence-electron chi connectivity index (χ2n) is 5.87. The summed E-state index contributed by atoms with van der Waals surface area (Å²) < 4.78 is 19.0. The Balaban J connectivity index is 2.08. The van der Waals surface area contributed by atoms with Crippen LogP contribution in [0.2, 0.25) is 0 Å². The summed E-state index contributed by atoms with van der Waals surface area (Å²) in [6.45, 7) is 1.99. The Morgan fingerprint density at radius 2 is 1.86 bits per heavy atom. The van der Waals surface area contributed by atoms with E-state index in [4.69, 9.17) is 14.2 Å². The second-order valence-corrected chi connectivity index (χ2v) is 7.80. The van der Waals surface area contributed by atoms with E-state index in [0.29, 0.717) is 21.9 Å². The normalized spacial score (nSPS) is 11.5. The molecular formula is C20H19BrN2O5S. The Hall–Kier alpha value is -2.65. The molecule has 0 radical (unpaired) electrons. The van der Waals surface area contributed by atoms with Crippen molar-refractivity contribution in [1.82, 2.24) is 4.57 Å². The number of carbonyl (C=O) groups excluding carboxylic acids is 2. The van der Waals surface area contributed by atoms with E-state index in [-0.39, 0.29) is 13.2 Å². The summed E-state index contributed by atoms with van der Waals surface area (Å²) in [6, 6.07) is 10.5. The number of carbonyl (C=O) groups is 2. The number of ether oxygens (including phenoxy) is 3. The fraction of sp³-hybridized carbons (Fsp3) is 0.250. The van der Waals surface area contributed by atoms with Crippen LogP contribution in [0.15, 0.2) is 45.9 Å². The van der Waals surface area contributed by atoms with Gasteiger partial charge in [0.15, 0.2) is 16.3 Å². The van der Waals surface area contributed by atoms with Gasteiger partial charge in [-0.15, -0.1) is 0 Å². The SMILES string of the molecule is CCOC(=O)Cn1c(=NC(=O)c2ccc(OC)c(OC)c2)sc2cc(Br)ccc21. The molecule has 3 aromatic rings. The number of hydrogen-bond donors (Lipinski definition) is 0. The van der Waals surface area contributed by atoms with Gasteiger partial charge in [-0.2, -0.15) is 4.99 Å². The summed E-state index contributed by atoms with van der Waals surface area (Å²) >= 11 is 4.76. The lowest BCUT2D eigenvalue weighted by Crippen LogP contribution is -2.23. The van der Waals surface area contributed by atoms with Gasteiger partial charge in [0.25, 0.3) is 5.91 Å². The predicted octanol–water partition coefficient (Wildman–Crippen LogP) is 3.79. The lowest BCUT2D eigenvalue weighted by atomic mass is 10.2. The lowest BCUT2D eigenvalue weighted by Gasteiger charge is -2.08. The van der Waals surface area contributed by atoms with E-state index >= 15 is 0 Å². The van der Waals surface area contributed by atoms with Crippen LogP contribution >= 0.6 is 27.3 Å². The highest BCUT2D eigenvalue weighted by Gasteiger charge is 2.14. The molecule has 0 atom stereocenters. The molecule has 0 bridgehead atoms. The van der Waals surface area contributed by atoms with Gasteiger partial charge in [-0.05, 0) is 43.3 Å². The zero-order chi connectivity index (χ0) is 21.0. The third-order valence-electron chi connectivity index (χ3n) is 4.07. The van der Waals surface area contributed by atoms with E-state index in [1.165, 1.54) is 25.6 Å². The average Bonchev–Trinajstić information content (AvgIpc) is 3.03. The van der Waals surface area contributed by atoms with Crippen LogP contribution in [0.5, 0.6) is 11.5 Å². The fourth-order valence-electron chi connectivity index (χ4n) is 2.74. The highest BCUT2D eigenvalue weighted by Crippen LogP contribution is 2.28. The summed E-state index contributed by atoms with van der Waals surface area (Å²) in [5.74, 6) is 0.116. The van der Waals surface area contributed by atoms with Crippen molar-refractivity contribution in [3.8, 4) is 11.5 Å². The van der Waals surface area contributed by atoms with Gasteiger partial charge in [0.2, 0.25) is 0 Å². The summed E-state index contributed by atoms with van der Waals surface area (Å²) in [5, 5.41) is 0. The first-order valence-electron chi connectivity index (χ1n) is 8.72. The number of rotatable bonds is 6. The molecule has 29 heavy (non-hydrogen) atoms. The smallest absolute Gasteiger partial charge is 0.326 e. The number of hydrogen-bond acceptors (Lipinski definition) is 6. The standard InChI is InChI=1S/C20H19BrN2O5S/c1-4-28-18(24)11-23-14-7-6-13(21)10-17(14)29-20(23)22-19(25)12-5-8-15(26-2)16(9-12)27-3/h5-10H,4,11H2,1-3H3. The van der Waals surface area contributed by atoms with Gasteiger partial charge in [0.1, 0.15) is 6.54 Å². The van der Waals surface area contributed by atoms with Gasteiger partial charge in [0, 0.05) is 10.0 Å². The minimum absolute atomic E-state index is 0.0342. The van der Waals surface area contributed by atoms with Crippen molar-refractivity contribution in [2.45, 2.75) is 13.5 Å². The average molecular weight is 479 g/mol. The quantitative estimate of drug-likeness (QED) is 0.503. The monoisotopic (exact) mass is 478 g/mol. The largest absolute Gasteiger partial charge is 0.493 e. The molecule has 9 heteroatoms. The van der Waals surface area contributed by atoms with Gasteiger partial charge in [0.05, 0.1) is 31.0 Å². The number of methoxy groups -OCH3 is 2. The molecule has 7 nitrogen and oxygen atoms in total. The van der Waals surface area contributed by atoms with E-state index in [0.717, 1.165) is 14.7 Å². The van der Waals surface area contributed by atoms with Crippen molar-refractivity contribution in [2.24, 2.45) is 4.99 Å². The van der Waals surface area contributed by atoms with Crippen LogP contribution in [0.1, 0.15) is 17.3 Å². The fourth-order valence-corrected chi connectivity index (χ4v) is 4.32. The molecule has 0 saturated heterocycles. The molecule has 0 aliphatic rings.